The van der Waals surface area contributed by atoms with Crippen molar-refractivity contribution in [3.05, 3.63) is 17.5 Å². The summed E-state index contributed by atoms with van der Waals surface area (Å²) in [7, 11) is -1.40. The third-order valence-electron chi connectivity index (χ3n) is 2.92. The van der Waals surface area contributed by atoms with Gasteiger partial charge in [0.25, 0.3) is 5.91 Å². The molecular formula is C10H14N2O4S. The van der Waals surface area contributed by atoms with Gasteiger partial charge in [-0.1, -0.05) is 5.16 Å². The lowest BCUT2D eigenvalue weighted by Gasteiger charge is -2.21. The number of carbonyl (C=O) groups excluding carboxylic acids is 1. The monoisotopic (exact) mass is 258 g/mol. The molecule has 0 aliphatic carbocycles. The van der Waals surface area contributed by atoms with Crippen LogP contribution in [0.3, 0.4) is 0 Å². The lowest BCUT2D eigenvalue weighted by atomic mass is 10.2. The summed E-state index contributed by atoms with van der Waals surface area (Å²) in [5.41, 5.74) is 0.626. The normalized spacial score (nSPS) is 22.6. The Bertz CT molecular complexity index is 534. The molecule has 0 saturated carbocycles. The molecule has 2 heterocycles. The fourth-order valence-corrected chi connectivity index (χ4v) is 3.66. The number of aromatic nitrogens is 1. The summed E-state index contributed by atoms with van der Waals surface area (Å²) >= 11 is 0. The first-order valence-corrected chi connectivity index (χ1v) is 7.12. The van der Waals surface area contributed by atoms with Gasteiger partial charge in [0.15, 0.2) is 9.84 Å². The van der Waals surface area contributed by atoms with Gasteiger partial charge in [-0.05, 0) is 13.3 Å². The van der Waals surface area contributed by atoms with Crippen LogP contribution in [-0.2, 0) is 9.84 Å². The molecular weight excluding hydrogens is 244 g/mol. The van der Waals surface area contributed by atoms with Gasteiger partial charge >= 0.3 is 0 Å². The van der Waals surface area contributed by atoms with Gasteiger partial charge in [-0.15, -0.1) is 0 Å². The van der Waals surface area contributed by atoms with Gasteiger partial charge in [0.1, 0.15) is 0 Å². The smallest absolute Gasteiger partial charge is 0.292 e. The van der Waals surface area contributed by atoms with Gasteiger partial charge in [0.05, 0.1) is 17.2 Å². The highest BCUT2D eigenvalue weighted by Crippen LogP contribution is 2.18. The van der Waals surface area contributed by atoms with E-state index in [1.165, 1.54) is 4.90 Å². The molecule has 0 N–H and O–H groups in total. The van der Waals surface area contributed by atoms with Crippen molar-refractivity contribution < 1.29 is 17.7 Å². The summed E-state index contributed by atoms with van der Waals surface area (Å²) in [5, 5.41) is 3.63. The Labute approximate surface area is 99.5 Å². The van der Waals surface area contributed by atoms with Crippen molar-refractivity contribution in [3.63, 3.8) is 0 Å². The number of hydrogen-bond donors (Lipinski definition) is 0. The molecule has 1 aliphatic heterocycles. The average Bonchev–Trinajstić information content (AvgIpc) is 2.82. The minimum Gasteiger partial charge on any atom is -0.351 e. The number of carbonyl (C=O) groups is 1. The molecule has 1 fully saturated rings. The topological polar surface area (TPSA) is 80.5 Å². The number of aryl methyl sites for hydroxylation is 1. The molecule has 6 nitrogen and oxygen atoms in total. The predicted octanol–water partition coefficient (Wildman–Crippen LogP) is 0.242. The SMILES string of the molecule is Cc1cc(C(=O)N(C)C2CCS(=O)(=O)C2)on1. The standard InChI is InChI=1S/C10H14N2O4S/c1-7-5-9(16-11-7)10(13)12(2)8-3-4-17(14,15)6-8/h5,8H,3-4,6H2,1-2H3. The Balaban J connectivity index is 2.11. The second-order valence-electron chi connectivity index (χ2n) is 4.31. The fourth-order valence-electron chi connectivity index (χ4n) is 1.88. The molecule has 0 aromatic carbocycles. The number of rotatable bonds is 2. The van der Waals surface area contributed by atoms with Crippen LogP contribution in [0.15, 0.2) is 10.6 Å². The van der Waals surface area contributed by atoms with E-state index in [-0.39, 0.29) is 29.2 Å². The molecule has 7 heteroatoms. The highest BCUT2D eigenvalue weighted by Gasteiger charge is 2.33. The van der Waals surface area contributed by atoms with Gasteiger partial charge in [-0.25, -0.2) is 8.42 Å². The first kappa shape index (κ1) is 12.1. The van der Waals surface area contributed by atoms with Gasteiger partial charge in [-0.2, -0.15) is 0 Å². The van der Waals surface area contributed by atoms with Crippen molar-refractivity contribution in [2.45, 2.75) is 19.4 Å². The molecule has 1 saturated heterocycles. The van der Waals surface area contributed by atoms with E-state index < -0.39 is 9.84 Å². The predicted molar refractivity (Wildman–Crippen MR) is 60.4 cm³/mol. The number of hydrogen-bond acceptors (Lipinski definition) is 5. The van der Waals surface area contributed by atoms with Crippen LogP contribution < -0.4 is 0 Å². The molecule has 0 spiro atoms. The van der Waals surface area contributed by atoms with E-state index in [2.05, 4.69) is 5.16 Å². The Hall–Kier alpha value is -1.37. The van der Waals surface area contributed by atoms with Crippen molar-refractivity contribution in [2.75, 3.05) is 18.6 Å². The molecule has 0 bridgehead atoms. The second kappa shape index (κ2) is 4.14. The number of amides is 1. The number of sulfone groups is 1. The third kappa shape index (κ3) is 2.49. The maximum absolute atomic E-state index is 12.0. The van der Waals surface area contributed by atoms with Crippen LogP contribution >= 0.6 is 0 Å². The van der Waals surface area contributed by atoms with Crippen LogP contribution in [0, 0.1) is 6.92 Å². The van der Waals surface area contributed by atoms with E-state index in [0.717, 1.165) is 0 Å². The lowest BCUT2D eigenvalue weighted by Crippen LogP contribution is -2.37. The lowest BCUT2D eigenvalue weighted by molar-refractivity contribution is 0.0705. The van der Waals surface area contributed by atoms with Gasteiger partial charge in [-0.3, -0.25) is 4.79 Å². The van der Waals surface area contributed by atoms with Crippen LogP contribution in [0.2, 0.25) is 0 Å². The first-order chi connectivity index (χ1) is 7.89. The Morgan fingerprint density at radius 2 is 2.29 bits per heavy atom. The van der Waals surface area contributed by atoms with Crippen molar-refractivity contribution in [3.8, 4) is 0 Å². The maximum atomic E-state index is 12.0. The summed E-state index contributed by atoms with van der Waals surface area (Å²) in [5.74, 6) is -0.00502. The largest absolute Gasteiger partial charge is 0.351 e. The summed E-state index contributed by atoms with van der Waals surface area (Å²) in [6, 6.07) is 1.28. The summed E-state index contributed by atoms with van der Waals surface area (Å²) in [6.07, 6.45) is 0.484. The third-order valence-corrected chi connectivity index (χ3v) is 4.67. The Morgan fingerprint density at radius 3 is 2.76 bits per heavy atom. The summed E-state index contributed by atoms with van der Waals surface area (Å²) in [4.78, 5) is 13.4. The fraction of sp³-hybridized carbons (Fsp3) is 0.600. The van der Waals surface area contributed by atoms with E-state index in [1.54, 1.807) is 20.0 Å². The minimum absolute atomic E-state index is 0.0301. The van der Waals surface area contributed by atoms with E-state index in [9.17, 15) is 13.2 Å². The van der Waals surface area contributed by atoms with Crippen molar-refractivity contribution in [1.29, 1.82) is 0 Å². The first-order valence-electron chi connectivity index (χ1n) is 5.30. The molecule has 1 aromatic rings. The molecule has 1 aromatic heterocycles. The maximum Gasteiger partial charge on any atom is 0.292 e. The molecule has 1 amide bonds. The highest BCUT2D eigenvalue weighted by molar-refractivity contribution is 7.91. The van der Waals surface area contributed by atoms with Crippen LogP contribution in [0.25, 0.3) is 0 Å². The summed E-state index contributed by atoms with van der Waals surface area (Å²) in [6.45, 7) is 1.72. The Kier molecular flexibility index (Phi) is 2.94. The quantitative estimate of drug-likeness (QED) is 0.759. The van der Waals surface area contributed by atoms with Crippen LogP contribution in [-0.4, -0.2) is 49.0 Å². The molecule has 17 heavy (non-hydrogen) atoms. The zero-order valence-corrected chi connectivity index (χ0v) is 10.5. The van der Waals surface area contributed by atoms with Crippen LogP contribution in [0.4, 0.5) is 0 Å². The molecule has 0 radical (unpaired) electrons. The van der Waals surface area contributed by atoms with E-state index in [4.69, 9.17) is 4.52 Å². The van der Waals surface area contributed by atoms with Crippen LogP contribution in [0.1, 0.15) is 22.7 Å². The Morgan fingerprint density at radius 1 is 1.59 bits per heavy atom. The minimum atomic E-state index is -2.99. The number of nitrogens with zero attached hydrogens (tertiary/aromatic N) is 2. The molecule has 1 aliphatic rings. The zero-order chi connectivity index (χ0) is 12.6. The zero-order valence-electron chi connectivity index (χ0n) is 9.71. The highest BCUT2D eigenvalue weighted by atomic mass is 32.2. The van der Waals surface area contributed by atoms with Crippen molar-refractivity contribution in [1.82, 2.24) is 10.1 Å². The molecule has 2 rings (SSSR count). The molecule has 1 unspecified atom stereocenters. The van der Waals surface area contributed by atoms with Gasteiger partial charge in [0, 0.05) is 19.2 Å². The van der Waals surface area contributed by atoms with Crippen molar-refractivity contribution >= 4 is 15.7 Å². The van der Waals surface area contributed by atoms with Gasteiger partial charge in [0.2, 0.25) is 5.76 Å². The molecule has 94 valence electrons. The van der Waals surface area contributed by atoms with E-state index in [0.29, 0.717) is 12.1 Å². The second-order valence-corrected chi connectivity index (χ2v) is 6.53. The van der Waals surface area contributed by atoms with Crippen LogP contribution in [0.5, 0.6) is 0 Å². The van der Waals surface area contributed by atoms with Gasteiger partial charge < -0.3 is 9.42 Å². The molecule has 1 atom stereocenters. The van der Waals surface area contributed by atoms with E-state index in [1.807, 2.05) is 0 Å². The van der Waals surface area contributed by atoms with E-state index >= 15 is 0 Å². The summed E-state index contributed by atoms with van der Waals surface area (Å²) < 4.78 is 27.5. The average molecular weight is 258 g/mol. The van der Waals surface area contributed by atoms with Crippen molar-refractivity contribution in [2.24, 2.45) is 0 Å².